The molecule has 6 rings (SSSR count). The van der Waals surface area contributed by atoms with Gasteiger partial charge in [-0.25, -0.2) is 0 Å². The fraction of sp³-hybridized carbons (Fsp3) is 0.243. The van der Waals surface area contributed by atoms with Gasteiger partial charge in [0.2, 0.25) is 0 Å². The zero-order valence-electron chi connectivity index (χ0n) is 27.3. The molecule has 0 saturated carbocycles. The van der Waals surface area contributed by atoms with Crippen molar-refractivity contribution in [1.29, 1.82) is 0 Å². The average Bonchev–Trinajstić information content (AvgIpc) is 3.35. The van der Waals surface area contributed by atoms with Crippen LogP contribution in [0.2, 0.25) is 34.5 Å². The number of rotatable bonds is 5. The van der Waals surface area contributed by atoms with Crippen LogP contribution in [-0.4, -0.2) is 36.5 Å². The van der Waals surface area contributed by atoms with Crippen molar-refractivity contribution in [2.75, 3.05) is 0 Å². The molecule has 6 heteroatoms. The van der Waals surface area contributed by atoms with E-state index in [1.807, 2.05) is 80.0 Å². The Bertz CT molecular complexity index is 1870. The van der Waals surface area contributed by atoms with E-state index < -0.39 is 32.4 Å². The summed E-state index contributed by atoms with van der Waals surface area (Å²) in [5.41, 5.74) is 4.99. The number of fused-ring (bicyclic) bond motifs is 3. The molecule has 3 aromatic heterocycles. The van der Waals surface area contributed by atoms with Crippen LogP contribution in [-0.2, 0) is 20.1 Å². The zero-order valence-corrected chi connectivity index (χ0v) is 33.7. The van der Waals surface area contributed by atoms with Crippen molar-refractivity contribution in [2.45, 2.75) is 54.3 Å². The van der Waals surface area contributed by atoms with Crippen molar-refractivity contribution in [3.05, 3.63) is 109 Å². The van der Waals surface area contributed by atoms with Gasteiger partial charge in [-0.2, -0.15) is 0 Å². The van der Waals surface area contributed by atoms with Gasteiger partial charge in [-0.05, 0) is 0 Å². The van der Waals surface area contributed by atoms with Gasteiger partial charge in [0.25, 0.3) is 0 Å². The Labute approximate surface area is 281 Å². The largest absolute Gasteiger partial charge is 0 e. The number of thiophene rings is 1. The van der Waals surface area contributed by atoms with Crippen molar-refractivity contribution >= 4 is 66.8 Å². The Morgan fingerprint density at radius 3 is 2.12 bits per heavy atom. The summed E-state index contributed by atoms with van der Waals surface area (Å²) >= 11 is -1.73. The first-order chi connectivity index (χ1) is 20.2. The fourth-order valence-electron chi connectivity index (χ4n) is 4.83. The maximum absolute atomic E-state index is 8.33. The second kappa shape index (κ2) is 13.9. The molecule has 223 valence electrons. The quantitative estimate of drug-likeness (QED) is 0.127. The van der Waals surface area contributed by atoms with E-state index in [1.165, 1.54) is 29.0 Å². The molecule has 0 aliphatic rings. The summed E-state index contributed by atoms with van der Waals surface area (Å²) in [6, 6.07) is 34.1. The summed E-state index contributed by atoms with van der Waals surface area (Å²) in [5.74, 6) is 13.8. The molecule has 0 saturated heterocycles. The Hall–Kier alpha value is -2.08. The third-order valence-electron chi connectivity index (χ3n) is 7.51. The Balaban J connectivity index is 0.000000223. The molecule has 0 aliphatic carbocycles. The number of nitrogens with zero attached hydrogens (tertiary/aromatic N) is 2. The van der Waals surface area contributed by atoms with Crippen molar-refractivity contribution in [2.24, 2.45) is 0 Å². The summed E-state index contributed by atoms with van der Waals surface area (Å²) in [4.78, 5) is 9.13. The normalized spacial score (nSPS) is 12.3. The Morgan fingerprint density at radius 2 is 1.49 bits per heavy atom. The van der Waals surface area contributed by atoms with Gasteiger partial charge in [-0.3, -0.25) is 0 Å². The molecule has 0 amide bonds. The van der Waals surface area contributed by atoms with Gasteiger partial charge in [0.15, 0.2) is 0 Å². The number of pyridine rings is 2. The molecular formula is C37H40Ge2IrN2S-2. The first kappa shape index (κ1) is 32.3. The molecule has 0 aliphatic heterocycles. The summed E-state index contributed by atoms with van der Waals surface area (Å²) in [5, 5.41) is 2.59. The van der Waals surface area contributed by atoms with Crippen molar-refractivity contribution in [3.8, 4) is 22.5 Å². The minimum atomic E-state index is -1.86. The SMILES string of the molecule is [2H]C(C)(C)c1ccnc(-c2[c-]ccc3c2sc2c[c]([Ge]([CH3])([CH3])[CH3])ccc23)c1.[CH3][Ge]([CH3])([CH3])[c]1ccc(-c2[c-]cccc2)nc1.[Ir]. The van der Waals surface area contributed by atoms with Crippen LogP contribution in [0.3, 0.4) is 0 Å². The van der Waals surface area contributed by atoms with Gasteiger partial charge in [0, 0.05) is 20.1 Å². The van der Waals surface area contributed by atoms with E-state index in [1.54, 1.807) is 0 Å². The summed E-state index contributed by atoms with van der Waals surface area (Å²) < 4.78 is 13.9. The first-order valence-corrected chi connectivity index (χ1v) is 30.0. The van der Waals surface area contributed by atoms with E-state index >= 15 is 0 Å². The van der Waals surface area contributed by atoms with Gasteiger partial charge in [-0.1, -0.05) is 0 Å². The molecule has 0 atom stereocenters. The van der Waals surface area contributed by atoms with Gasteiger partial charge < -0.3 is 0 Å². The van der Waals surface area contributed by atoms with Crippen molar-refractivity contribution in [1.82, 2.24) is 9.97 Å². The molecule has 0 bridgehead atoms. The second-order valence-corrected chi connectivity index (χ2v) is 35.4. The minimum absolute atomic E-state index is 0. The first-order valence-electron chi connectivity index (χ1n) is 15.0. The summed E-state index contributed by atoms with van der Waals surface area (Å²) in [6.45, 7) is 3.82. The minimum Gasteiger partial charge on any atom is 0 e. The second-order valence-electron chi connectivity index (χ2n) is 13.0. The molecule has 3 aromatic carbocycles. The average molecular weight is 883 g/mol. The molecule has 0 unspecified atom stereocenters. The molecule has 0 fully saturated rings. The van der Waals surface area contributed by atoms with Crippen LogP contribution < -0.4 is 8.79 Å². The molecule has 3 heterocycles. The van der Waals surface area contributed by atoms with Crippen LogP contribution in [0, 0.1) is 12.1 Å². The summed E-state index contributed by atoms with van der Waals surface area (Å²) in [7, 11) is 0. The molecule has 1 radical (unpaired) electrons. The number of hydrogen-bond acceptors (Lipinski definition) is 3. The van der Waals surface area contributed by atoms with Crippen LogP contribution in [0.1, 0.15) is 26.7 Å². The maximum atomic E-state index is 8.33. The van der Waals surface area contributed by atoms with E-state index in [0.717, 1.165) is 28.1 Å². The Kier molecular flexibility index (Phi) is 10.5. The molecule has 0 N–H and O–H groups in total. The van der Waals surface area contributed by atoms with Crippen molar-refractivity contribution in [3.63, 3.8) is 0 Å². The topological polar surface area (TPSA) is 25.8 Å². The number of benzene rings is 3. The molecule has 43 heavy (non-hydrogen) atoms. The van der Waals surface area contributed by atoms with E-state index in [0.29, 0.717) is 0 Å². The van der Waals surface area contributed by atoms with E-state index in [2.05, 4.69) is 93.0 Å². The van der Waals surface area contributed by atoms with Gasteiger partial charge in [0.05, 0.1) is 0 Å². The van der Waals surface area contributed by atoms with Crippen molar-refractivity contribution < 1.29 is 21.5 Å². The van der Waals surface area contributed by atoms with Gasteiger partial charge in [0.1, 0.15) is 0 Å². The molecular weight excluding hydrogens is 842 g/mol. The third kappa shape index (κ3) is 7.96. The van der Waals surface area contributed by atoms with Crippen LogP contribution in [0.4, 0.5) is 0 Å². The predicted molar refractivity (Wildman–Crippen MR) is 190 cm³/mol. The standard InChI is InChI=1S/C23H24GeNS.C14H16GeN.Ir/c1-15(2)16-11-12-25-21(13-16)20-8-6-7-19-18-10-9-17(24(3,4)5)14-22(18)26-23(19)20;1-15(2,3)13-9-10-14(16-11-13)12-7-5-4-6-8-12;/h6-7,9-15H,1-5H3;4-7,9-11H,1-3H3;/q2*-1;/i15D;;. The van der Waals surface area contributed by atoms with Crippen LogP contribution >= 0.6 is 11.3 Å². The predicted octanol–water partition coefficient (Wildman–Crippen LogP) is 9.68. The van der Waals surface area contributed by atoms with E-state index in [4.69, 9.17) is 1.37 Å². The van der Waals surface area contributed by atoms with Gasteiger partial charge >= 0.3 is 264 Å². The van der Waals surface area contributed by atoms with Crippen LogP contribution in [0.5, 0.6) is 0 Å². The van der Waals surface area contributed by atoms with Crippen LogP contribution in [0.15, 0.2) is 91.3 Å². The smallest absolute Gasteiger partial charge is 0 e. The monoisotopic (exact) mass is 886 g/mol. The van der Waals surface area contributed by atoms with E-state index in [-0.39, 0.29) is 20.1 Å². The number of aromatic nitrogens is 2. The number of hydrogen-bond donors (Lipinski definition) is 0. The van der Waals surface area contributed by atoms with Crippen LogP contribution in [0.25, 0.3) is 42.7 Å². The Morgan fingerprint density at radius 1 is 0.744 bits per heavy atom. The summed E-state index contributed by atoms with van der Waals surface area (Å²) in [6.07, 6.45) is 3.85. The third-order valence-corrected chi connectivity index (χ3v) is 17.2. The van der Waals surface area contributed by atoms with E-state index in [9.17, 15) is 0 Å². The fourth-order valence-corrected chi connectivity index (χ4v) is 10.9. The zero-order chi connectivity index (χ0) is 31.0. The molecule has 6 aromatic rings. The van der Waals surface area contributed by atoms with Gasteiger partial charge in [-0.15, -0.1) is 0 Å². The molecule has 2 nitrogen and oxygen atoms in total. The maximum Gasteiger partial charge on any atom is 0 e. The molecule has 0 spiro atoms.